The summed E-state index contributed by atoms with van der Waals surface area (Å²) in [7, 11) is 0. The van der Waals surface area contributed by atoms with E-state index in [9.17, 15) is 4.79 Å². The Kier molecular flexibility index (Phi) is 5.62. The molecule has 0 unspecified atom stereocenters. The highest BCUT2D eigenvalue weighted by atomic mass is 32.1. The Hall–Kier alpha value is -2.02. The van der Waals surface area contributed by atoms with E-state index in [1.807, 2.05) is 12.3 Å². The Bertz CT molecular complexity index is 798. The Morgan fingerprint density at radius 2 is 2.04 bits per heavy atom. The number of pyridine rings is 1. The Labute approximate surface area is 171 Å². The maximum atomic E-state index is 12.5. The van der Waals surface area contributed by atoms with Crippen LogP contribution < -0.4 is 4.90 Å². The van der Waals surface area contributed by atoms with E-state index in [1.54, 1.807) is 17.5 Å². The van der Waals surface area contributed by atoms with Crippen molar-refractivity contribution in [2.45, 2.75) is 51.9 Å². The molecule has 0 bridgehead atoms. The molecular weight excluding hydrogens is 370 g/mol. The molecular formula is C21H29N5OS. The summed E-state index contributed by atoms with van der Waals surface area (Å²) in [4.78, 5) is 21.1. The smallest absolute Gasteiger partial charge is 0.222 e. The number of anilines is 1. The van der Waals surface area contributed by atoms with Crippen molar-refractivity contribution in [3.63, 3.8) is 0 Å². The summed E-state index contributed by atoms with van der Waals surface area (Å²) in [5, 5.41) is 10.9. The minimum atomic E-state index is 0.269. The molecule has 2 aromatic rings. The van der Waals surface area contributed by atoms with Gasteiger partial charge < -0.3 is 9.80 Å². The van der Waals surface area contributed by atoms with E-state index in [0.29, 0.717) is 18.2 Å². The zero-order valence-corrected chi connectivity index (χ0v) is 17.6. The van der Waals surface area contributed by atoms with Crippen LogP contribution in [0.3, 0.4) is 0 Å². The second kappa shape index (κ2) is 8.15. The first kappa shape index (κ1) is 19.3. The molecule has 2 aliphatic rings. The van der Waals surface area contributed by atoms with Gasteiger partial charge in [-0.1, -0.05) is 31.3 Å². The number of aromatic nitrogens is 3. The number of hydrogen-bond donors (Lipinski definition) is 0. The van der Waals surface area contributed by atoms with Gasteiger partial charge in [-0.3, -0.25) is 9.78 Å². The third-order valence-electron chi connectivity index (χ3n) is 6.16. The molecule has 1 amide bonds. The molecule has 4 rings (SSSR count). The van der Waals surface area contributed by atoms with Gasteiger partial charge in [0.2, 0.25) is 11.0 Å². The second-order valence-corrected chi connectivity index (χ2v) is 9.48. The Morgan fingerprint density at radius 3 is 2.71 bits per heavy atom. The molecule has 2 aromatic heterocycles. The first-order chi connectivity index (χ1) is 13.5. The highest BCUT2D eigenvalue weighted by molar-refractivity contribution is 7.15. The van der Waals surface area contributed by atoms with E-state index in [1.165, 1.54) is 5.56 Å². The van der Waals surface area contributed by atoms with Crippen molar-refractivity contribution in [2.75, 3.05) is 31.1 Å². The summed E-state index contributed by atoms with van der Waals surface area (Å²) in [6.45, 7) is 8.04. The van der Waals surface area contributed by atoms with Crippen molar-refractivity contribution in [3.8, 4) is 0 Å². The van der Waals surface area contributed by atoms with Gasteiger partial charge in [0.25, 0.3) is 0 Å². The van der Waals surface area contributed by atoms with Gasteiger partial charge >= 0.3 is 0 Å². The molecule has 6 nitrogen and oxygen atoms in total. The number of amides is 1. The van der Waals surface area contributed by atoms with E-state index in [4.69, 9.17) is 0 Å². The first-order valence-corrected chi connectivity index (χ1v) is 11.1. The van der Waals surface area contributed by atoms with Crippen molar-refractivity contribution < 1.29 is 4.79 Å². The molecule has 2 fully saturated rings. The molecule has 4 heterocycles. The number of likely N-dealkylation sites (tertiary alicyclic amines) is 1. The maximum absolute atomic E-state index is 12.5. The fraction of sp³-hybridized carbons (Fsp3) is 0.619. The quantitative estimate of drug-likeness (QED) is 0.770. The van der Waals surface area contributed by atoms with E-state index in [0.717, 1.165) is 62.0 Å². The van der Waals surface area contributed by atoms with Crippen LogP contribution >= 0.6 is 11.3 Å². The van der Waals surface area contributed by atoms with Crippen LogP contribution in [-0.4, -0.2) is 52.2 Å². The van der Waals surface area contributed by atoms with Crippen molar-refractivity contribution in [2.24, 2.45) is 5.41 Å². The summed E-state index contributed by atoms with van der Waals surface area (Å²) in [6, 6.07) is 4.05. The largest absolute Gasteiger partial charge is 0.347 e. The molecule has 1 spiro atoms. The molecule has 0 atom stereocenters. The highest BCUT2D eigenvalue weighted by Gasteiger charge is 2.41. The average Bonchev–Trinajstić information content (AvgIpc) is 3.21. The van der Waals surface area contributed by atoms with Gasteiger partial charge in [-0.25, -0.2) is 0 Å². The van der Waals surface area contributed by atoms with Crippen LogP contribution in [0.15, 0.2) is 24.5 Å². The topological polar surface area (TPSA) is 62.2 Å². The highest BCUT2D eigenvalue weighted by Crippen LogP contribution is 2.41. The molecule has 2 saturated heterocycles. The molecule has 2 aliphatic heterocycles. The third-order valence-corrected chi connectivity index (χ3v) is 7.44. The lowest BCUT2D eigenvalue weighted by molar-refractivity contribution is -0.138. The van der Waals surface area contributed by atoms with E-state index >= 15 is 0 Å². The lowest BCUT2D eigenvalue weighted by atomic mass is 9.72. The predicted molar refractivity (Wildman–Crippen MR) is 112 cm³/mol. The van der Waals surface area contributed by atoms with Crippen LogP contribution in [0.5, 0.6) is 0 Å². The van der Waals surface area contributed by atoms with Crippen LogP contribution in [0.4, 0.5) is 5.13 Å². The zero-order chi connectivity index (χ0) is 19.6. The van der Waals surface area contributed by atoms with Gasteiger partial charge in [0.15, 0.2) is 0 Å². The van der Waals surface area contributed by atoms with Crippen molar-refractivity contribution in [1.82, 2.24) is 20.1 Å². The van der Waals surface area contributed by atoms with E-state index < -0.39 is 0 Å². The molecule has 7 heteroatoms. The van der Waals surface area contributed by atoms with E-state index in [2.05, 4.69) is 44.9 Å². The van der Waals surface area contributed by atoms with Crippen LogP contribution in [0, 0.1) is 5.41 Å². The van der Waals surface area contributed by atoms with Gasteiger partial charge in [-0.05, 0) is 42.7 Å². The minimum Gasteiger partial charge on any atom is -0.347 e. The van der Waals surface area contributed by atoms with Gasteiger partial charge in [0.1, 0.15) is 5.01 Å². The lowest BCUT2D eigenvalue weighted by Crippen LogP contribution is -2.52. The van der Waals surface area contributed by atoms with Crippen LogP contribution in [-0.2, 0) is 11.2 Å². The van der Waals surface area contributed by atoms with Crippen molar-refractivity contribution in [1.29, 1.82) is 0 Å². The monoisotopic (exact) mass is 399 g/mol. The number of carbonyl (C=O) groups is 1. The van der Waals surface area contributed by atoms with Crippen LogP contribution in [0.2, 0.25) is 0 Å². The minimum absolute atomic E-state index is 0.269. The number of rotatable bonds is 5. The fourth-order valence-corrected chi connectivity index (χ4v) is 5.18. The van der Waals surface area contributed by atoms with Crippen LogP contribution in [0.1, 0.15) is 56.0 Å². The second-order valence-electron chi connectivity index (χ2n) is 8.49. The summed E-state index contributed by atoms with van der Waals surface area (Å²) >= 11 is 1.72. The standard InChI is InChI=1S/C21H29N5OS/c1-16(2)19-23-24-20(28-19)25-12-8-21(9-13-25)7-5-18(27)26(15-21)11-6-17-4-3-10-22-14-17/h3-4,10,14,16H,5-9,11-13,15H2,1-2H3. The summed E-state index contributed by atoms with van der Waals surface area (Å²) in [5.74, 6) is 0.739. The van der Waals surface area contributed by atoms with Gasteiger partial charge in [-0.2, -0.15) is 0 Å². The van der Waals surface area contributed by atoms with Crippen LogP contribution in [0.25, 0.3) is 0 Å². The van der Waals surface area contributed by atoms with Gasteiger partial charge in [-0.15, -0.1) is 10.2 Å². The molecule has 0 aromatic carbocycles. The molecule has 0 N–H and O–H groups in total. The third kappa shape index (κ3) is 4.19. The van der Waals surface area contributed by atoms with Gasteiger partial charge in [0, 0.05) is 50.9 Å². The lowest BCUT2D eigenvalue weighted by Gasteiger charge is -2.47. The SMILES string of the molecule is CC(C)c1nnc(N2CCC3(CCC(=O)N(CCc4cccnc4)C3)CC2)s1. The molecule has 150 valence electrons. The molecule has 0 saturated carbocycles. The predicted octanol–water partition coefficient (Wildman–Crippen LogP) is 3.51. The number of carbonyl (C=O) groups excluding carboxylic acids is 1. The summed E-state index contributed by atoms with van der Waals surface area (Å²) in [6.07, 6.45) is 8.53. The van der Waals surface area contributed by atoms with Gasteiger partial charge in [0.05, 0.1) is 0 Å². The summed E-state index contributed by atoms with van der Waals surface area (Å²) < 4.78 is 0. The number of piperidine rings is 2. The van der Waals surface area contributed by atoms with E-state index in [-0.39, 0.29) is 5.41 Å². The molecule has 0 aliphatic carbocycles. The van der Waals surface area contributed by atoms with Crippen molar-refractivity contribution >= 4 is 22.4 Å². The average molecular weight is 400 g/mol. The fourth-order valence-electron chi connectivity index (χ4n) is 4.28. The number of hydrogen-bond acceptors (Lipinski definition) is 6. The Morgan fingerprint density at radius 1 is 1.21 bits per heavy atom. The zero-order valence-electron chi connectivity index (χ0n) is 16.8. The number of nitrogens with zero attached hydrogens (tertiary/aromatic N) is 5. The normalized spacial score (nSPS) is 19.6. The molecule has 28 heavy (non-hydrogen) atoms. The van der Waals surface area contributed by atoms with Crippen molar-refractivity contribution in [3.05, 3.63) is 35.1 Å². The maximum Gasteiger partial charge on any atom is 0.222 e. The summed E-state index contributed by atoms with van der Waals surface area (Å²) in [5.41, 5.74) is 1.47. The molecule has 0 radical (unpaired) electrons. The Balaban J connectivity index is 1.35. The first-order valence-electron chi connectivity index (χ1n) is 10.3.